The van der Waals surface area contributed by atoms with Crippen LogP contribution in [0.5, 0.6) is 0 Å². The molecule has 0 spiro atoms. The molecule has 2 N–H and O–H groups in total. The lowest BCUT2D eigenvalue weighted by Crippen LogP contribution is -2.23. The molecule has 1 aromatic heterocycles. The monoisotopic (exact) mass is 425 g/mol. The second-order valence-corrected chi connectivity index (χ2v) is 8.73. The highest BCUT2D eigenvalue weighted by atomic mass is 35.5. The predicted octanol–water partition coefficient (Wildman–Crippen LogP) is 5.71. The molecule has 0 aliphatic heterocycles. The summed E-state index contributed by atoms with van der Waals surface area (Å²) in [7, 11) is 0. The highest BCUT2D eigenvalue weighted by Gasteiger charge is 2.35. The zero-order valence-corrected chi connectivity index (χ0v) is 17.5. The highest BCUT2D eigenvalue weighted by molar-refractivity contribution is 6.36. The summed E-state index contributed by atoms with van der Waals surface area (Å²) in [5, 5.41) is 15.3. The lowest BCUT2D eigenvalue weighted by atomic mass is 10.1. The Morgan fingerprint density at radius 1 is 1.07 bits per heavy atom. The fourth-order valence-corrected chi connectivity index (χ4v) is 4.61. The van der Waals surface area contributed by atoms with Gasteiger partial charge in [-0.15, -0.1) is 0 Å². The summed E-state index contributed by atoms with van der Waals surface area (Å²) in [6.45, 7) is 1.94. The van der Waals surface area contributed by atoms with Crippen LogP contribution in [0.2, 0.25) is 10.0 Å². The number of anilines is 1. The molecule has 0 amide bonds. The van der Waals surface area contributed by atoms with Gasteiger partial charge < -0.3 is 10.4 Å². The average Bonchev–Trinajstić information content (AvgIpc) is 3.48. The van der Waals surface area contributed by atoms with E-state index < -0.39 is 6.10 Å². The standard InChI is InChI=1S/C23H21Cl2N3O/c1-12-20(17-9-8-15(24)11-18(17)25)27-21(13-6-7-13)23(26-12)28-22-16-5-3-2-4-14(16)10-19(22)29/h2-5,8-9,11,13,19,22,29H,6-7,10H2,1H3,(H,26,28). The first kappa shape index (κ1) is 18.9. The van der Waals surface area contributed by atoms with Gasteiger partial charge in [0.15, 0.2) is 0 Å². The van der Waals surface area contributed by atoms with E-state index in [0.717, 1.165) is 46.9 Å². The molecule has 4 nitrogen and oxygen atoms in total. The van der Waals surface area contributed by atoms with Gasteiger partial charge in [-0.25, -0.2) is 9.97 Å². The van der Waals surface area contributed by atoms with Gasteiger partial charge in [-0.3, -0.25) is 0 Å². The molecule has 2 aromatic carbocycles. The molecular weight excluding hydrogens is 405 g/mol. The van der Waals surface area contributed by atoms with E-state index in [-0.39, 0.29) is 6.04 Å². The third-order valence-electron chi connectivity index (χ3n) is 5.74. The Morgan fingerprint density at radius 2 is 1.86 bits per heavy atom. The van der Waals surface area contributed by atoms with Gasteiger partial charge in [0.2, 0.25) is 0 Å². The third-order valence-corrected chi connectivity index (χ3v) is 6.29. The molecule has 2 aliphatic carbocycles. The summed E-state index contributed by atoms with van der Waals surface area (Å²) in [6.07, 6.45) is 2.37. The van der Waals surface area contributed by atoms with Crippen LogP contribution < -0.4 is 5.32 Å². The van der Waals surface area contributed by atoms with Crippen molar-refractivity contribution in [3.63, 3.8) is 0 Å². The maximum absolute atomic E-state index is 10.6. The van der Waals surface area contributed by atoms with E-state index in [4.69, 9.17) is 33.2 Å². The van der Waals surface area contributed by atoms with Crippen LogP contribution in [0.3, 0.4) is 0 Å². The van der Waals surface area contributed by atoms with Crippen LogP contribution in [0, 0.1) is 6.92 Å². The number of aliphatic hydroxyl groups excluding tert-OH is 1. The lowest BCUT2D eigenvalue weighted by molar-refractivity contribution is 0.165. The molecule has 1 fully saturated rings. The molecule has 6 heteroatoms. The van der Waals surface area contributed by atoms with Gasteiger partial charge in [0.25, 0.3) is 0 Å². The van der Waals surface area contributed by atoms with Gasteiger partial charge in [0.1, 0.15) is 5.82 Å². The van der Waals surface area contributed by atoms with Crippen molar-refractivity contribution >= 4 is 29.0 Å². The number of aryl methyl sites for hydroxylation is 1. The molecule has 1 saturated carbocycles. The number of aromatic nitrogens is 2. The van der Waals surface area contributed by atoms with E-state index in [1.54, 1.807) is 6.07 Å². The fourth-order valence-electron chi connectivity index (χ4n) is 4.11. The van der Waals surface area contributed by atoms with Crippen LogP contribution in [-0.2, 0) is 6.42 Å². The van der Waals surface area contributed by atoms with Gasteiger partial charge in [-0.1, -0.05) is 47.5 Å². The predicted molar refractivity (Wildman–Crippen MR) is 117 cm³/mol. The minimum absolute atomic E-state index is 0.178. The van der Waals surface area contributed by atoms with Crippen molar-refractivity contribution in [3.05, 3.63) is 75.0 Å². The maximum atomic E-state index is 10.6. The number of hydrogen-bond acceptors (Lipinski definition) is 4. The summed E-state index contributed by atoms with van der Waals surface area (Å²) in [5.41, 5.74) is 5.67. The highest BCUT2D eigenvalue weighted by Crippen LogP contribution is 2.45. The summed E-state index contributed by atoms with van der Waals surface area (Å²) in [5.74, 6) is 1.16. The number of rotatable bonds is 4. The van der Waals surface area contributed by atoms with Crippen molar-refractivity contribution in [2.45, 2.75) is 44.2 Å². The van der Waals surface area contributed by atoms with Crippen LogP contribution in [0.25, 0.3) is 11.3 Å². The van der Waals surface area contributed by atoms with Crippen molar-refractivity contribution < 1.29 is 5.11 Å². The number of benzene rings is 2. The lowest BCUT2D eigenvalue weighted by Gasteiger charge is -2.21. The summed E-state index contributed by atoms with van der Waals surface area (Å²) in [4.78, 5) is 9.85. The number of nitrogens with one attached hydrogen (secondary N) is 1. The quantitative estimate of drug-likeness (QED) is 0.562. The van der Waals surface area contributed by atoms with Gasteiger partial charge >= 0.3 is 0 Å². The van der Waals surface area contributed by atoms with Gasteiger partial charge in [-0.05, 0) is 49.1 Å². The molecule has 2 aliphatic rings. The molecule has 2 unspecified atom stereocenters. The SMILES string of the molecule is Cc1nc(NC2c3ccccc3CC2O)c(C2CC2)nc1-c1ccc(Cl)cc1Cl. The van der Waals surface area contributed by atoms with Crippen LogP contribution in [0.1, 0.15) is 47.3 Å². The third kappa shape index (κ3) is 3.50. The smallest absolute Gasteiger partial charge is 0.148 e. The van der Waals surface area contributed by atoms with Crippen molar-refractivity contribution in [1.29, 1.82) is 0 Å². The minimum atomic E-state index is -0.480. The van der Waals surface area contributed by atoms with Crippen molar-refractivity contribution in [1.82, 2.24) is 9.97 Å². The second kappa shape index (κ2) is 7.28. The number of hydrogen-bond donors (Lipinski definition) is 2. The van der Waals surface area contributed by atoms with Crippen LogP contribution in [0.4, 0.5) is 5.82 Å². The Hall–Kier alpha value is -2.14. The first-order valence-electron chi connectivity index (χ1n) is 9.87. The van der Waals surface area contributed by atoms with E-state index in [1.165, 1.54) is 5.56 Å². The number of nitrogens with zero attached hydrogens (tertiary/aromatic N) is 2. The van der Waals surface area contributed by atoms with Gasteiger partial charge in [0, 0.05) is 22.9 Å². The van der Waals surface area contributed by atoms with E-state index >= 15 is 0 Å². The van der Waals surface area contributed by atoms with Gasteiger partial charge in [-0.2, -0.15) is 0 Å². The Kier molecular flexibility index (Phi) is 4.73. The maximum Gasteiger partial charge on any atom is 0.148 e. The normalized spacial score (nSPS) is 20.6. The molecule has 0 bridgehead atoms. The van der Waals surface area contributed by atoms with E-state index in [9.17, 15) is 5.11 Å². The first-order valence-corrected chi connectivity index (χ1v) is 10.6. The fraction of sp³-hybridized carbons (Fsp3) is 0.304. The molecule has 1 heterocycles. The minimum Gasteiger partial charge on any atom is -0.390 e. The molecule has 29 heavy (non-hydrogen) atoms. The van der Waals surface area contributed by atoms with Crippen LogP contribution in [0.15, 0.2) is 42.5 Å². The number of aliphatic hydroxyl groups is 1. The van der Waals surface area contributed by atoms with Crippen LogP contribution in [-0.4, -0.2) is 21.2 Å². The topological polar surface area (TPSA) is 58.0 Å². The molecule has 3 aromatic rings. The van der Waals surface area contributed by atoms with Crippen molar-refractivity contribution in [3.8, 4) is 11.3 Å². The Morgan fingerprint density at radius 3 is 2.62 bits per heavy atom. The van der Waals surface area contributed by atoms with E-state index in [2.05, 4.69) is 17.4 Å². The largest absolute Gasteiger partial charge is 0.390 e. The average molecular weight is 426 g/mol. The Balaban J connectivity index is 1.55. The van der Waals surface area contributed by atoms with Crippen LogP contribution >= 0.6 is 23.2 Å². The molecule has 148 valence electrons. The molecule has 0 radical (unpaired) electrons. The van der Waals surface area contributed by atoms with E-state index in [1.807, 2.05) is 31.2 Å². The summed E-state index contributed by atoms with van der Waals surface area (Å²) in [6, 6.07) is 13.4. The Labute approximate surface area is 179 Å². The van der Waals surface area contributed by atoms with Crippen molar-refractivity contribution in [2.75, 3.05) is 5.32 Å². The number of halogens is 2. The van der Waals surface area contributed by atoms with E-state index in [0.29, 0.717) is 22.4 Å². The molecule has 5 rings (SSSR count). The first-order chi connectivity index (χ1) is 14.0. The van der Waals surface area contributed by atoms with Gasteiger partial charge in [0.05, 0.1) is 34.3 Å². The number of fused-ring (bicyclic) bond motifs is 1. The molecular formula is C23H21Cl2N3O. The zero-order valence-electron chi connectivity index (χ0n) is 16.0. The molecule has 0 saturated heterocycles. The van der Waals surface area contributed by atoms with Crippen molar-refractivity contribution in [2.24, 2.45) is 0 Å². The summed E-state index contributed by atoms with van der Waals surface area (Å²) >= 11 is 12.5. The summed E-state index contributed by atoms with van der Waals surface area (Å²) < 4.78 is 0. The molecule has 2 atom stereocenters. The Bertz CT molecular complexity index is 1100. The zero-order chi connectivity index (χ0) is 20.1. The second-order valence-electron chi connectivity index (χ2n) is 7.88.